The molecular formula is C30H40F2N6O2. The number of hydrogen-bond donors (Lipinski definition) is 3. The summed E-state index contributed by atoms with van der Waals surface area (Å²) in [6.07, 6.45) is 14.0. The molecule has 0 aromatic carbocycles. The number of allylic oxidation sites excluding steroid dienone is 7. The van der Waals surface area contributed by atoms with Crippen LogP contribution in [-0.4, -0.2) is 59.7 Å². The summed E-state index contributed by atoms with van der Waals surface area (Å²) >= 11 is 0. The molecule has 1 aromatic heterocycles. The lowest BCUT2D eigenvalue weighted by Gasteiger charge is -2.28. The third-order valence-electron chi connectivity index (χ3n) is 8.20. The van der Waals surface area contributed by atoms with Gasteiger partial charge in [0.2, 0.25) is 0 Å². The lowest BCUT2D eigenvalue weighted by molar-refractivity contribution is -0.142. The zero-order valence-corrected chi connectivity index (χ0v) is 23.3. The number of nitrogens with zero attached hydrogens (tertiary/aromatic N) is 3. The Hall–Kier alpha value is -3.27. The largest absolute Gasteiger partial charge is 0.428 e. The minimum atomic E-state index is -2.43. The van der Waals surface area contributed by atoms with E-state index < -0.39 is 18.4 Å². The number of aromatic amines is 1. The van der Waals surface area contributed by atoms with Gasteiger partial charge in [-0.3, -0.25) is 10.00 Å². The van der Waals surface area contributed by atoms with Crippen molar-refractivity contribution in [1.82, 2.24) is 25.7 Å². The van der Waals surface area contributed by atoms with E-state index >= 15 is 0 Å². The van der Waals surface area contributed by atoms with Gasteiger partial charge in [0, 0.05) is 30.9 Å². The van der Waals surface area contributed by atoms with Crippen molar-refractivity contribution in [2.75, 3.05) is 26.2 Å². The highest BCUT2D eigenvalue weighted by Gasteiger charge is 2.27. The van der Waals surface area contributed by atoms with Crippen LogP contribution in [0.3, 0.4) is 0 Å². The molecule has 40 heavy (non-hydrogen) atoms. The van der Waals surface area contributed by atoms with Gasteiger partial charge in [-0.15, -0.1) is 0 Å². The normalized spacial score (nSPS) is 27.3. The third kappa shape index (κ3) is 7.27. The summed E-state index contributed by atoms with van der Waals surface area (Å²) in [4.78, 5) is 19.0. The maximum atomic E-state index is 13.5. The Morgan fingerprint density at radius 1 is 1.10 bits per heavy atom. The summed E-state index contributed by atoms with van der Waals surface area (Å²) in [5.74, 6) is 0.0892. The number of alkyl halides is 2. The zero-order valence-electron chi connectivity index (χ0n) is 23.3. The summed E-state index contributed by atoms with van der Waals surface area (Å²) in [5, 5.41) is 14.6. The van der Waals surface area contributed by atoms with Crippen LogP contribution in [0.4, 0.5) is 8.78 Å². The zero-order chi connectivity index (χ0) is 27.9. The highest BCUT2D eigenvalue weighted by molar-refractivity contribution is 5.78. The number of hydrogen-bond acceptors (Lipinski definition) is 7. The van der Waals surface area contributed by atoms with Gasteiger partial charge in [0.15, 0.2) is 5.49 Å². The van der Waals surface area contributed by atoms with Crippen LogP contribution < -0.4 is 21.3 Å². The first kappa shape index (κ1) is 28.3. The van der Waals surface area contributed by atoms with E-state index in [9.17, 15) is 13.6 Å². The Bertz CT molecular complexity index is 1330. The fourth-order valence-electron chi connectivity index (χ4n) is 5.85. The van der Waals surface area contributed by atoms with Crippen molar-refractivity contribution in [3.63, 3.8) is 0 Å². The number of H-pyrrole nitrogens is 1. The molecule has 2 bridgehead atoms. The average molecular weight is 555 g/mol. The number of aromatic nitrogens is 2. The molecule has 10 heteroatoms. The Morgan fingerprint density at radius 3 is 2.85 bits per heavy atom. The van der Waals surface area contributed by atoms with Crippen molar-refractivity contribution >= 4 is 11.7 Å². The number of unbranched alkanes of at least 4 members (excludes halogenated alkanes) is 1. The molecule has 3 N–H and O–H groups in total. The molecule has 1 aliphatic carbocycles. The smallest absolute Gasteiger partial charge is 0.333 e. The molecular weight excluding hydrogens is 514 g/mol. The molecule has 1 aromatic rings. The molecule has 0 amide bonds. The Kier molecular flexibility index (Phi) is 9.46. The molecule has 5 rings (SSSR count). The SMILES string of the molecule is C/C1=C(CCCCN(CC[C@@H]2N\C3=c4/cn[nH]/c4=N/C=C(/CC3)OC2=O)CC(F)F)\C=C/C2=C(CC1)NCCC2. The van der Waals surface area contributed by atoms with Crippen LogP contribution >= 0.6 is 0 Å². The van der Waals surface area contributed by atoms with Crippen molar-refractivity contribution in [1.29, 1.82) is 0 Å². The number of rotatable bonds is 10. The second kappa shape index (κ2) is 13.4. The number of carbonyl (C=O) groups excluding carboxylic acids is 1. The summed E-state index contributed by atoms with van der Waals surface area (Å²) in [6, 6.07) is -0.638. The minimum absolute atomic E-state index is 0.306. The predicted molar refractivity (Wildman–Crippen MR) is 149 cm³/mol. The standard InChI is InChI=1S/C30H40F2N6O2/c1-20-7-11-25-22(6-4-14-33-25)9-8-21(20)5-2-3-15-38(19-28(31)32)16-13-27-30(39)40-23-10-12-26(36-27)24-18-35-37-29(24)34-17-23/h8-9,17-18,27-28,33,36H,2-7,10-16,19H2,1H3,(H,34,37)/b9-8-,21-20+,23-17-,26-24+/t27-/m0/s1. The van der Waals surface area contributed by atoms with Gasteiger partial charge in [-0.1, -0.05) is 17.7 Å². The highest BCUT2D eigenvalue weighted by atomic mass is 19.3. The van der Waals surface area contributed by atoms with Crippen molar-refractivity contribution in [2.45, 2.75) is 83.6 Å². The lowest BCUT2D eigenvalue weighted by Crippen LogP contribution is -2.45. The topological polar surface area (TPSA) is 94.6 Å². The molecule has 216 valence electrons. The van der Waals surface area contributed by atoms with Crippen molar-refractivity contribution < 1.29 is 18.3 Å². The Labute approximate surface area is 234 Å². The summed E-state index contributed by atoms with van der Waals surface area (Å²) in [6.45, 7) is 3.91. The van der Waals surface area contributed by atoms with Gasteiger partial charge in [0.05, 0.1) is 24.2 Å². The second-order valence-corrected chi connectivity index (χ2v) is 11.1. The fourth-order valence-corrected chi connectivity index (χ4v) is 5.85. The molecule has 4 aliphatic rings. The van der Waals surface area contributed by atoms with Crippen LogP contribution in [0.5, 0.6) is 0 Å². The summed E-state index contributed by atoms with van der Waals surface area (Å²) in [7, 11) is 0. The van der Waals surface area contributed by atoms with Gasteiger partial charge in [0.1, 0.15) is 11.8 Å². The lowest BCUT2D eigenvalue weighted by atomic mass is 9.91. The molecule has 8 nitrogen and oxygen atoms in total. The first-order valence-electron chi connectivity index (χ1n) is 14.6. The first-order valence-corrected chi connectivity index (χ1v) is 14.6. The molecule has 0 saturated carbocycles. The van der Waals surface area contributed by atoms with Gasteiger partial charge in [-0.05, 0) is 82.4 Å². The minimum Gasteiger partial charge on any atom is -0.428 e. The van der Waals surface area contributed by atoms with E-state index in [1.165, 1.54) is 28.8 Å². The number of nitrogens with one attached hydrogen (secondary N) is 3. The van der Waals surface area contributed by atoms with E-state index in [0.717, 1.165) is 56.0 Å². The number of halogens is 2. The van der Waals surface area contributed by atoms with Crippen LogP contribution in [0.25, 0.3) is 5.70 Å². The monoisotopic (exact) mass is 554 g/mol. The van der Waals surface area contributed by atoms with Gasteiger partial charge < -0.3 is 15.4 Å². The maximum absolute atomic E-state index is 13.5. The molecule has 0 spiro atoms. The first-order chi connectivity index (χ1) is 19.5. The van der Waals surface area contributed by atoms with E-state index in [2.05, 4.69) is 44.9 Å². The van der Waals surface area contributed by atoms with Gasteiger partial charge in [-0.2, -0.15) is 5.10 Å². The van der Waals surface area contributed by atoms with Crippen molar-refractivity contribution in [3.05, 3.63) is 63.4 Å². The molecule has 0 unspecified atom stereocenters. The molecule has 1 saturated heterocycles. The van der Waals surface area contributed by atoms with Gasteiger partial charge >= 0.3 is 5.97 Å². The molecule has 1 atom stereocenters. The van der Waals surface area contributed by atoms with E-state index in [1.54, 1.807) is 17.3 Å². The van der Waals surface area contributed by atoms with Crippen LogP contribution in [0.1, 0.15) is 71.1 Å². The van der Waals surface area contributed by atoms with Gasteiger partial charge in [0.25, 0.3) is 6.43 Å². The van der Waals surface area contributed by atoms with Crippen molar-refractivity contribution in [2.24, 2.45) is 4.99 Å². The van der Waals surface area contributed by atoms with Crippen molar-refractivity contribution in [3.8, 4) is 0 Å². The van der Waals surface area contributed by atoms with E-state index in [4.69, 9.17) is 4.74 Å². The maximum Gasteiger partial charge on any atom is 0.333 e. The number of ether oxygens (including phenoxy) is 1. The quantitative estimate of drug-likeness (QED) is 0.302. The van der Waals surface area contributed by atoms with E-state index in [1.807, 2.05) is 0 Å². The van der Waals surface area contributed by atoms with Crippen LogP contribution in [0.2, 0.25) is 0 Å². The Balaban J connectivity index is 1.17. The number of fused-ring (bicyclic) bond motifs is 4. The van der Waals surface area contributed by atoms with E-state index in [-0.39, 0.29) is 6.54 Å². The fraction of sp³-hybridized carbons (Fsp3) is 0.567. The van der Waals surface area contributed by atoms with Crippen LogP contribution in [0.15, 0.2) is 57.7 Å². The third-order valence-corrected chi connectivity index (χ3v) is 8.20. The predicted octanol–water partition coefficient (Wildman–Crippen LogP) is 3.72. The Morgan fingerprint density at radius 2 is 1.98 bits per heavy atom. The molecule has 3 aliphatic heterocycles. The average Bonchev–Trinajstić information content (AvgIpc) is 3.38. The highest BCUT2D eigenvalue weighted by Crippen LogP contribution is 2.28. The summed E-state index contributed by atoms with van der Waals surface area (Å²) < 4.78 is 32.5. The number of carbonyl (C=O) groups is 1. The van der Waals surface area contributed by atoms with Crippen LogP contribution in [0, 0.1) is 0 Å². The number of esters is 1. The van der Waals surface area contributed by atoms with Crippen LogP contribution in [-0.2, 0) is 9.53 Å². The summed E-state index contributed by atoms with van der Waals surface area (Å²) in [5.41, 5.74) is 7.07. The van der Waals surface area contributed by atoms with E-state index in [0.29, 0.717) is 43.6 Å². The molecule has 0 radical (unpaired) electrons. The second-order valence-electron chi connectivity index (χ2n) is 11.1. The molecule has 4 heterocycles. The van der Waals surface area contributed by atoms with Gasteiger partial charge in [-0.25, -0.2) is 18.6 Å². The molecule has 1 fully saturated rings.